The van der Waals surface area contributed by atoms with Crippen molar-refractivity contribution < 1.29 is 47.0 Å². The summed E-state index contributed by atoms with van der Waals surface area (Å²) in [6, 6.07) is 2.98. The van der Waals surface area contributed by atoms with Crippen LogP contribution in [0.3, 0.4) is 0 Å². The Morgan fingerprint density at radius 2 is 1.55 bits per heavy atom. The zero-order chi connectivity index (χ0) is 35.1. The first-order chi connectivity index (χ1) is 22.3. The molecule has 0 aliphatic rings. The third kappa shape index (κ3) is 20.7. The number of benzene rings is 1. The maximum Gasteiger partial charge on any atom is 0.472 e. The lowest BCUT2D eigenvalue weighted by Crippen LogP contribution is -2.37. The number of unbranched alkanes of at least 4 members (excludes halogenated alkanes) is 12. The summed E-state index contributed by atoms with van der Waals surface area (Å²) in [7, 11) is 1.06. The van der Waals surface area contributed by atoms with E-state index in [9.17, 15) is 29.2 Å². The lowest BCUT2D eigenvalue weighted by molar-refractivity contribution is -0.870. The molecule has 0 aliphatic carbocycles. The molecule has 0 saturated heterocycles. The van der Waals surface area contributed by atoms with E-state index in [0.29, 0.717) is 17.4 Å². The van der Waals surface area contributed by atoms with Crippen LogP contribution in [0.15, 0.2) is 23.3 Å². The summed E-state index contributed by atoms with van der Waals surface area (Å²) in [6.45, 7) is 1.38. The second kappa shape index (κ2) is 23.3. The van der Waals surface area contributed by atoms with E-state index < -0.39 is 49.7 Å². The van der Waals surface area contributed by atoms with Gasteiger partial charge in [-0.15, -0.1) is 0 Å². The predicted molar refractivity (Wildman–Crippen MR) is 177 cm³/mol. The van der Waals surface area contributed by atoms with Gasteiger partial charge < -0.3 is 18.9 Å². The van der Waals surface area contributed by atoms with Crippen molar-refractivity contribution >= 4 is 31.1 Å². The Morgan fingerprint density at radius 3 is 2.09 bits per heavy atom. The standard InChI is InChI=1S/C31H52N5O10P/c1-5-6-7-8-9-10-11-12-13-14-15-16-17-18-30(37)43-24-27(25-45-47(41,42)44-22-21-36(2,3)4)46-31(38)28-20-19-26(35(39)40)23-29(28)33-34-32/h19-20,23,27H,5-18,21-22,24-25H2,1-4H3/p+1/t27-/m1/s1. The third-order valence-electron chi connectivity index (χ3n) is 7.19. The van der Waals surface area contributed by atoms with Crippen molar-refractivity contribution in [2.75, 3.05) is 47.5 Å². The summed E-state index contributed by atoms with van der Waals surface area (Å²) in [4.78, 5) is 48.5. The van der Waals surface area contributed by atoms with E-state index in [1.54, 1.807) is 0 Å². The molecule has 266 valence electrons. The van der Waals surface area contributed by atoms with E-state index in [0.717, 1.165) is 37.5 Å². The molecule has 1 rings (SSSR count). The van der Waals surface area contributed by atoms with Gasteiger partial charge >= 0.3 is 19.8 Å². The summed E-state index contributed by atoms with van der Waals surface area (Å²) in [6.07, 6.45) is 13.9. The highest BCUT2D eigenvalue weighted by molar-refractivity contribution is 7.47. The molecule has 0 spiro atoms. The van der Waals surface area contributed by atoms with Crippen molar-refractivity contribution in [3.63, 3.8) is 0 Å². The number of rotatable bonds is 27. The Kier molecular flexibility index (Phi) is 20.8. The monoisotopic (exact) mass is 686 g/mol. The molecule has 1 N–H and O–H groups in total. The van der Waals surface area contributed by atoms with E-state index in [1.165, 1.54) is 57.8 Å². The van der Waals surface area contributed by atoms with E-state index in [4.69, 9.17) is 24.1 Å². The number of phosphoric acid groups is 1. The summed E-state index contributed by atoms with van der Waals surface area (Å²) >= 11 is 0. The van der Waals surface area contributed by atoms with Gasteiger partial charge in [0.1, 0.15) is 19.8 Å². The Balaban J connectivity index is 2.65. The minimum atomic E-state index is -4.56. The number of hydrogen-bond acceptors (Lipinski definition) is 10. The normalized spacial score (nSPS) is 13.3. The van der Waals surface area contributed by atoms with Crippen LogP contribution in [0, 0.1) is 10.1 Å². The number of hydrogen-bond donors (Lipinski definition) is 1. The molecule has 0 aromatic heterocycles. The number of likely N-dealkylation sites (N-methyl/N-ethyl adjacent to an activating group) is 1. The Bertz CT molecular complexity index is 1200. The molecule has 0 aliphatic heterocycles. The second-order valence-electron chi connectivity index (χ2n) is 12.5. The molecule has 47 heavy (non-hydrogen) atoms. The zero-order valence-electron chi connectivity index (χ0n) is 28.3. The predicted octanol–water partition coefficient (Wildman–Crippen LogP) is 7.93. The molecule has 1 aromatic carbocycles. The molecule has 0 amide bonds. The van der Waals surface area contributed by atoms with Crippen LogP contribution < -0.4 is 0 Å². The summed E-state index contributed by atoms with van der Waals surface area (Å²) in [5.74, 6) is -1.62. The highest BCUT2D eigenvalue weighted by Crippen LogP contribution is 2.43. The molecule has 15 nitrogen and oxygen atoms in total. The smallest absolute Gasteiger partial charge is 0.462 e. The quantitative estimate of drug-likeness (QED) is 0.0109. The van der Waals surface area contributed by atoms with Gasteiger partial charge in [0.2, 0.25) is 0 Å². The summed E-state index contributed by atoms with van der Waals surface area (Å²) in [5, 5.41) is 14.4. The number of carbonyl (C=O) groups excluding carboxylic acids is 2. The number of azide groups is 1. The van der Waals surface area contributed by atoms with Crippen LogP contribution in [0.2, 0.25) is 0 Å². The first kappa shape index (κ1) is 42.0. The van der Waals surface area contributed by atoms with Crippen molar-refractivity contribution in [3.05, 3.63) is 44.3 Å². The fourth-order valence-corrected chi connectivity index (χ4v) is 5.20. The largest absolute Gasteiger partial charge is 0.472 e. The third-order valence-corrected chi connectivity index (χ3v) is 8.18. The van der Waals surface area contributed by atoms with Gasteiger partial charge in [-0.3, -0.25) is 24.0 Å². The van der Waals surface area contributed by atoms with Crippen molar-refractivity contribution in [2.24, 2.45) is 5.11 Å². The zero-order valence-corrected chi connectivity index (χ0v) is 29.2. The van der Waals surface area contributed by atoms with E-state index in [-0.39, 0.29) is 24.3 Å². The maximum atomic E-state index is 13.0. The van der Waals surface area contributed by atoms with Crippen LogP contribution in [0.4, 0.5) is 11.4 Å². The molecule has 0 radical (unpaired) electrons. The van der Waals surface area contributed by atoms with Gasteiger partial charge in [-0.25, -0.2) is 9.36 Å². The minimum absolute atomic E-state index is 0.0891. The van der Waals surface area contributed by atoms with Crippen LogP contribution in [0.1, 0.15) is 107 Å². The van der Waals surface area contributed by atoms with Crippen LogP contribution in [0.5, 0.6) is 0 Å². The number of nitro benzene ring substituents is 1. The lowest BCUT2D eigenvalue weighted by atomic mass is 10.0. The number of nitro groups is 1. The van der Waals surface area contributed by atoms with Gasteiger partial charge in [0.05, 0.1) is 43.9 Å². The number of nitrogens with zero attached hydrogens (tertiary/aromatic N) is 5. The molecule has 16 heteroatoms. The highest BCUT2D eigenvalue weighted by atomic mass is 31.2. The van der Waals surface area contributed by atoms with Crippen molar-refractivity contribution in [1.82, 2.24) is 0 Å². The van der Waals surface area contributed by atoms with Gasteiger partial charge in [-0.1, -0.05) is 89.1 Å². The first-order valence-corrected chi connectivity index (χ1v) is 17.9. The van der Waals surface area contributed by atoms with E-state index >= 15 is 0 Å². The molecular weight excluding hydrogens is 633 g/mol. The fourth-order valence-electron chi connectivity index (χ4n) is 4.46. The number of non-ortho nitro benzene ring substituents is 1. The highest BCUT2D eigenvalue weighted by Gasteiger charge is 2.28. The molecule has 0 fully saturated rings. The van der Waals surface area contributed by atoms with Crippen molar-refractivity contribution in [2.45, 2.75) is 103 Å². The average Bonchev–Trinajstić information content (AvgIpc) is 3.00. The van der Waals surface area contributed by atoms with Gasteiger partial charge in [0.15, 0.2) is 6.10 Å². The molecule has 2 atom stereocenters. The Morgan fingerprint density at radius 1 is 0.979 bits per heavy atom. The topological polar surface area (TPSA) is 200 Å². The van der Waals surface area contributed by atoms with Gasteiger partial charge in [-0.2, -0.15) is 0 Å². The molecule has 1 aromatic rings. The molecule has 0 heterocycles. The Labute approximate surface area is 277 Å². The average molecular weight is 687 g/mol. The van der Waals surface area contributed by atoms with E-state index in [1.807, 2.05) is 21.1 Å². The second-order valence-corrected chi connectivity index (χ2v) is 13.9. The number of ether oxygens (including phenoxy) is 2. The summed E-state index contributed by atoms with van der Waals surface area (Å²) < 4.78 is 33.6. The van der Waals surface area contributed by atoms with Crippen LogP contribution in [-0.4, -0.2) is 79.9 Å². The maximum absolute atomic E-state index is 13.0. The fraction of sp³-hybridized carbons (Fsp3) is 0.742. The van der Waals surface area contributed by atoms with Gasteiger partial charge in [0.25, 0.3) is 5.69 Å². The number of carbonyl (C=O) groups is 2. The van der Waals surface area contributed by atoms with E-state index in [2.05, 4.69) is 16.9 Å². The van der Waals surface area contributed by atoms with Crippen molar-refractivity contribution in [1.29, 1.82) is 0 Å². The lowest BCUT2D eigenvalue weighted by Gasteiger charge is -2.24. The van der Waals surface area contributed by atoms with Gasteiger partial charge in [0, 0.05) is 23.5 Å². The molecule has 1 unspecified atom stereocenters. The Hall–Kier alpha value is -3.06. The number of quaternary nitrogens is 1. The molecular formula is C31H53N5O10P+. The van der Waals surface area contributed by atoms with Crippen LogP contribution in [-0.2, 0) is 27.9 Å². The van der Waals surface area contributed by atoms with Crippen LogP contribution in [0.25, 0.3) is 10.4 Å². The SMILES string of the molecule is CCCCCCCCCCCCCCCC(=O)OC[C@H](COP(=O)(O)OCC[N+](C)(C)C)OC(=O)c1ccc([N+](=O)[O-])cc1N=[N+]=[N-]. The van der Waals surface area contributed by atoms with Crippen molar-refractivity contribution in [3.8, 4) is 0 Å². The first-order valence-electron chi connectivity index (χ1n) is 16.4. The minimum Gasteiger partial charge on any atom is -0.462 e. The molecule has 0 saturated carbocycles. The van der Waals surface area contributed by atoms with Gasteiger partial charge in [-0.05, 0) is 18.0 Å². The number of phosphoric ester groups is 1. The molecule has 0 bridgehead atoms. The van der Waals surface area contributed by atoms with Crippen LogP contribution >= 0.6 is 7.82 Å². The summed E-state index contributed by atoms with van der Waals surface area (Å²) in [5.41, 5.74) is 7.78. The number of esters is 2.